The summed E-state index contributed by atoms with van der Waals surface area (Å²) >= 11 is 0. The van der Waals surface area contributed by atoms with E-state index in [-0.39, 0.29) is 30.6 Å². The number of aliphatic hydroxyl groups excluding tert-OH is 1. The van der Waals surface area contributed by atoms with Crippen molar-refractivity contribution in [3.05, 3.63) is 11.6 Å². The van der Waals surface area contributed by atoms with Gasteiger partial charge in [-0.15, -0.1) is 0 Å². The van der Waals surface area contributed by atoms with Gasteiger partial charge in [-0.05, 0) is 24.3 Å². The number of amides is 1. The summed E-state index contributed by atoms with van der Waals surface area (Å²) in [6, 6.07) is 2.04. The molecule has 3 rings (SSSR count). The first-order chi connectivity index (χ1) is 8.21. The molecule has 2 aliphatic heterocycles. The topological polar surface area (TPSA) is 73.6 Å². The lowest BCUT2D eigenvalue weighted by atomic mass is 9.73. The van der Waals surface area contributed by atoms with Crippen LogP contribution in [-0.4, -0.2) is 42.4 Å². The first kappa shape index (κ1) is 11.9. The van der Waals surface area contributed by atoms with Crippen molar-refractivity contribution in [3.8, 4) is 6.07 Å². The lowest BCUT2D eigenvalue weighted by molar-refractivity contribution is 0.0655. The van der Waals surface area contributed by atoms with E-state index in [1.165, 1.54) is 7.11 Å². The predicted octanol–water partition coefficient (Wildman–Crippen LogP) is 0.905. The molecule has 0 aromatic carbocycles. The highest BCUT2D eigenvalue weighted by molar-refractivity contribution is 5.69. The smallest absolute Gasteiger partial charge is 0.410 e. The molecular weight excluding hydrogens is 220 g/mol. The minimum absolute atomic E-state index is 0.0439. The van der Waals surface area contributed by atoms with E-state index in [1.54, 1.807) is 4.90 Å². The van der Waals surface area contributed by atoms with Gasteiger partial charge in [0.2, 0.25) is 0 Å². The second-order valence-electron chi connectivity index (χ2n) is 4.51. The van der Waals surface area contributed by atoms with Crippen LogP contribution in [0.3, 0.4) is 0 Å². The number of hydrogen-bond acceptors (Lipinski definition) is 4. The van der Waals surface area contributed by atoms with Crippen molar-refractivity contribution >= 4 is 6.09 Å². The number of aliphatic hydroxyl groups is 1. The Labute approximate surface area is 100 Å². The van der Waals surface area contributed by atoms with Gasteiger partial charge in [-0.25, -0.2) is 4.79 Å². The lowest BCUT2D eigenvalue weighted by Crippen LogP contribution is -2.54. The molecule has 2 heterocycles. The van der Waals surface area contributed by atoms with E-state index in [0.717, 1.165) is 12.0 Å². The van der Waals surface area contributed by atoms with E-state index in [0.29, 0.717) is 13.0 Å². The van der Waals surface area contributed by atoms with Crippen LogP contribution in [0.25, 0.3) is 0 Å². The van der Waals surface area contributed by atoms with Crippen molar-refractivity contribution in [2.75, 3.05) is 20.3 Å². The Hall–Kier alpha value is -1.54. The van der Waals surface area contributed by atoms with Crippen molar-refractivity contribution < 1.29 is 14.6 Å². The molecule has 0 aromatic heterocycles. The molecule has 1 N–H and O–H groups in total. The van der Waals surface area contributed by atoms with Gasteiger partial charge < -0.3 is 9.84 Å². The van der Waals surface area contributed by atoms with Gasteiger partial charge in [-0.3, -0.25) is 4.90 Å². The molecule has 5 heteroatoms. The van der Waals surface area contributed by atoms with Gasteiger partial charge in [-0.1, -0.05) is 6.08 Å². The minimum Gasteiger partial charge on any atom is -0.453 e. The zero-order chi connectivity index (χ0) is 12.4. The number of hydrogen-bond donors (Lipinski definition) is 1. The molecule has 1 amide bonds. The highest BCUT2D eigenvalue weighted by Crippen LogP contribution is 2.39. The molecule has 0 saturated carbocycles. The van der Waals surface area contributed by atoms with Gasteiger partial charge in [-0.2, -0.15) is 5.26 Å². The fourth-order valence-corrected chi connectivity index (χ4v) is 2.88. The Bertz CT molecular complexity index is 386. The first-order valence-corrected chi connectivity index (χ1v) is 5.77. The van der Waals surface area contributed by atoms with Crippen LogP contribution in [0.15, 0.2) is 11.6 Å². The van der Waals surface area contributed by atoms with Gasteiger partial charge in [0.15, 0.2) is 0 Å². The van der Waals surface area contributed by atoms with Crippen LogP contribution >= 0.6 is 0 Å². The monoisotopic (exact) mass is 236 g/mol. The number of rotatable bonds is 2. The Kier molecular flexibility index (Phi) is 3.34. The third-order valence-electron chi connectivity index (χ3n) is 3.51. The van der Waals surface area contributed by atoms with Gasteiger partial charge in [0, 0.05) is 13.2 Å². The third-order valence-corrected chi connectivity index (χ3v) is 3.51. The molecule has 5 nitrogen and oxygen atoms in total. The fraction of sp³-hybridized carbons (Fsp3) is 0.667. The largest absolute Gasteiger partial charge is 0.453 e. The summed E-state index contributed by atoms with van der Waals surface area (Å²) in [7, 11) is 1.35. The maximum atomic E-state index is 11.7. The molecule has 3 atom stereocenters. The Morgan fingerprint density at radius 1 is 1.76 bits per heavy atom. The third kappa shape index (κ3) is 2.01. The van der Waals surface area contributed by atoms with Gasteiger partial charge in [0.25, 0.3) is 0 Å². The molecule has 1 aliphatic carbocycles. The Morgan fingerprint density at radius 3 is 3.12 bits per heavy atom. The van der Waals surface area contributed by atoms with Crippen LogP contribution in [-0.2, 0) is 4.74 Å². The van der Waals surface area contributed by atoms with Crippen LogP contribution in [0.4, 0.5) is 4.79 Å². The zero-order valence-electron chi connectivity index (χ0n) is 9.80. The molecule has 92 valence electrons. The summed E-state index contributed by atoms with van der Waals surface area (Å²) in [5, 5.41) is 18.2. The quantitative estimate of drug-likeness (QED) is 0.723. The van der Waals surface area contributed by atoms with Crippen LogP contribution < -0.4 is 0 Å². The van der Waals surface area contributed by atoms with Crippen molar-refractivity contribution in [2.24, 2.45) is 11.8 Å². The summed E-state index contributed by atoms with van der Waals surface area (Å²) in [6.45, 7) is 0.659. The standard InChI is InChI=1S/C12H16N2O3/c1-17-12(16)14-7-8-4-9(2-3-15)11(14)10(5-8)6-13/h4,8,10-11,15H,2-3,5,7H2,1H3/t8-,10+,11+/m0/s1. The minimum atomic E-state index is -0.386. The molecule has 3 aliphatic rings. The van der Waals surface area contributed by atoms with E-state index in [1.807, 2.05) is 0 Å². The highest BCUT2D eigenvalue weighted by Gasteiger charge is 2.44. The fourth-order valence-electron chi connectivity index (χ4n) is 2.88. The average Bonchev–Trinajstić information content (AvgIpc) is 2.37. The van der Waals surface area contributed by atoms with Gasteiger partial charge in [0.05, 0.1) is 25.1 Å². The number of carbonyl (C=O) groups is 1. The van der Waals surface area contributed by atoms with Crippen molar-refractivity contribution in [1.82, 2.24) is 4.90 Å². The van der Waals surface area contributed by atoms with Crippen molar-refractivity contribution in [1.29, 1.82) is 5.26 Å². The van der Waals surface area contributed by atoms with Crippen LogP contribution in [0, 0.1) is 23.2 Å². The number of fused-ring (bicyclic) bond motifs is 2. The van der Waals surface area contributed by atoms with E-state index in [2.05, 4.69) is 12.1 Å². The molecule has 0 spiro atoms. The second kappa shape index (κ2) is 4.76. The number of piperidine rings is 1. The Balaban J connectivity index is 2.28. The van der Waals surface area contributed by atoms with Gasteiger partial charge >= 0.3 is 6.09 Å². The zero-order valence-corrected chi connectivity index (χ0v) is 9.80. The number of carbonyl (C=O) groups excluding carboxylic acids is 1. The maximum Gasteiger partial charge on any atom is 0.410 e. The SMILES string of the molecule is COC(=O)N1C[C@H]2C=C(CCO)[C@@H]1[C@@H](C#N)C2. The lowest BCUT2D eigenvalue weighted by Gasteiger charge is -2.46. The number of nitrogens with zero attached hydrogens (tertiary/aromatic N) is 2. The molecule has 0 radical (unpaired) electrons. The highest BCUT2D eigenvalue weighted by atomic mass is 16.5. The summed E-state index contributed by atoms with van der Waals surface area (Å²) in [4.78, 5) is 13.3. The molecule has 1 saturated heterocycles. The molecular formula is C12H16N2O3. The molecule has 0 aromatic rings. The van der Waals surface area contributed by atoms with Crippen LogP contribution in [0.1, 0.15) is 12.8 Å². The van der Waals surface area contributed by atoms with Crippen molar-refractivity contribution in [2.45, 2.75) is 18.9 Å². The van der Waals surface area contributed by atoms with Gasteiger partial charge in [0.1, 0.15) is 0 Å². The summed E-state index contributed by atoms with van der Waals surface area (Å²) in [5.41, 5.74) is 0.993. The summed E-state index contributed by atoms with van der Waals surface area (Å²) < 4.78 is 4.75. The first-order valence-electron chi connectivity index (χ1n) is 5.77. The van der Waals surface area contributed by atoms with E-state index >= 15 is 0 Å². The molecule has 1 fully saturated rings. The Morgan fingerprint density at radius 2 is 2.53 bits per heavy atom. The second-order valence-corrected chi connectivity index (χ2v) is 4.51. The van der Waals surface area contributed by atoms with Crippen molar-refractivity contribution in [3.63, 3.8) is 0 Å². The summed E-state index contributed by atoms with van der Waals surface area (Å²) in [6.07, 6.45) is 3.04. The van der Waals surface area contributed by atoms with E-state index in [4.69, 9.17) is 15.1 Å². The number of nitriles is 1. The average molecular weight is 236 g/mol. The molecule has 2 bridgehead atoms. The van der Waals surface area contributed by atoms with E-state index < -0.39 is 0 Å². The van der Waals surface area contributed by atoms with Crippen LogP contribution in [0.5, 0.6) is 0 Å². The predicted molar refractivity (Wildman–Crippen MR) is 59.9 cm³/mol. The molecule has 0 unspecified atom stereocenters. The van der Waals surface area contributed by atoms with E-state index in [9.17, 15) is 4.79 Å². The molecule has 17 heavy (non-hydrogen) atoms. The van der Waals surface area contributed by atoms with Crippen LogP contribution in [0.2, 0.25) is 0 Å². The maximum absolute atomic E-state index is 11.7. The number of ether oxygens (including phenoxy) is 1. The summed E-state index contributed by atoms with van der Waals surface area (Å²) in [5.74, 6) is 0.0321. The normalized spacial score (nSPS) is 30.8. The number of methoxy groups -OCH3 is 1.